The molecule has 0 unspecified atom stereocenters. The fraction of sp³-hybridized carbons (Fsp3) is 0.0690. The Kier molecular flexibility index (Phi) is 7.52. The van der Waals surface area contributed by atoms with E-state index in [4.69, 9.17) is 4.42 Å². The van der Waals surface area contributed by atoms with E-state index in [9.17, 15) is 0 Å². The zero-order chi connectivity index (χ0) is 40.0. The summed E-state index contributed by atoms with van der Waals surface area (Å²) in [6.07, 6.45) is 0. The van der Waals surface area contributed by atoms with Gasteiger partial charge in [0.15, 0.2) is 0 Å². The standard InChI is InChI=1S/C58H41NO/c1-57(2)51-24-14-12-22-45(51)47-33-31-44(35-53(47)57)59(42-20-10-5-11-21-42)43-29-26-38(27-30-43)39-28-32-48-50-36-49-46-23-13-15-25-52(46)58(40-16-6-3-7-17-40,41-18-8-4-9-19-41)54(49)37-56(50)60-55(48)34-39/h3-37H,1-2H3. The highest BCUT2D eigenvalue weighted by atomic mass is 16.3. The summed E-state index contributed by atoms with van der Waals surface area (Å²) in [5.74, 6) is 0. The molecule has 2 nitrogen and oxygen atoms in total. The van der Waals surface area contributed by atoms with Crippen molar-refractivity contribution in [1.82, 2.24) is 0 Å². The van der Waals surface area contributed by atoms with Crippen LogP contribution in [0.4, 0.5) is 17.1 Å². The van der Waals surface area contributed by atoms with Crippen molar-refractivity contribution >= 4 is 39.0 Å². The minimum absolute atomic E-state index is 0.0824. The van der Waals surface area contributed by atoms with E-state index in [0.29, 0.717) is 0 Å². The van der Waals surface area contributed by atoms with Gasteiger partial charge in [-0.2, -0.15) is 0 Å². The highest BCUT2D eigenvalue weighted by Crippen LogP contribution is 2.57. The Morgan fingerprint density at radius 1 is 0.350 bits per heavy atom. The lowest BCUT2D eigenvalue weighted by atomic mass is 9.67. The first kappa shape index (κ1) is 34.6. The molecule has 1 heterocycles. The Labute approximate surface area is 350 Å². The molecule has 0 N–H and O–H groups in total. The molecule has 12 rings (SSSR count). The maximum Gasteiger partial charge on any atom is 0.136 e. The third kappa shape index (κ3) is 4.94. The van der Waals surface area contributed by atoms with Gasteiger partial charge in [-0.25, -0.2) is 0 Å². The van der Waals surface area contributed by atoms with Crippen molar-refractivity contribution in [2.24, 2.45) is 0 Å². The van der Waals surface area contributed by atoms with Crippen molar-refractivity contribution in [1.29, 1.82) is 0 Å². The third-order valence-electron chi connectivity index (χ3n) is 13.3. The first-order valence-electron chi connectivity index (χ1n) is 20.9. The lowest BCUT2D eigenvalue weighted by Crippen LogP contribution is -2.28. The number of hydrogen-bond donors (Lipinski definition) is 0. The van der Waals surface area contributed by atoms with Gasteiger partial charge in [-0.3, -0.25) is 0 Å². The normalized spacial score (nSPS) is 14.1. The Morgan fingerprint density at radius 3 is 1.58 bits per heavy atom. The van der Waals surface area contributed by atoms with Gasteiger partial charge in [0.1, 0.15) is 11.2 Å². The number of benzene rings is 9. The molecule has 0 saturated carbocycles. The Balaban J connectivity index is 0.948. The maximum absolute atomic E-state index is 6.85. The summed E-state index contributed by atoms with van der Waals surface area (Å²) in [6, 6.07) is 77.6. The van der Waals surface area contributed by atoms with Crippen LogP contribution >= 0.6 is 0 Å². The molecule has 9 aromatic carbocycles. The molecular formula is C58H41NO. The van der Waals surface area contributed by atoms with Gasteiger partial charge in [-0.1, -0.05) is 166 Å². The van der Waals surface area contributed by atoms with Gasteiger partial charge in [0, 0.05) is 33.2 Å². The second-order valence-electron chi connectivity index (χ2n) is 16.9. The van der Waals surface area contributed by atoms with Crippen LogP contribution in [0, 0.1) is 0 Å². The van der Waals surface area contributed by atoms with Crippen LogP contribution in [0.3, 0.4) is 0 Å². The van der Waals surface area contributed by atoms with E-state index in [0.717, 1.165) is 50.1 Å². The summed E-state index contributed by atoms with van der Waals surface area (Å²) >= 11 is 0. The average molecular weight is 768 g/mol. The second-order valence-corrected chi connectivity index (χ2v) is 16.9. The molecule has 284 valence electrons. The van der Waals surface area contributed by atoms with Crippen molar-refractivity contribution in [3.8, 4) is 33.4 Å². The largest absolute Gasteiger partial charge is 0.456 e. The van der Waals surface area contributed by atoms with Crippen LogP contribution in [0.15, 0.2) is 217 Å². The lowest BCUT2D eigenvalue weighted by Gasteiger charge is -2.33. The van der Waals surface area contributed by atoms with Gasteiger partial charge >= 0.3 is 0 Å². The summed E-state index contributed by atoms with van der Waals surface area (Å²) in [5.41, 5.74) is 19.9. The zero-order valence-corrected chi connectivity index (χ0v) is 33.6. The minimum atomic E-state index is -0.469. The van der Waals surface area contributed by atoms with Crippen LogP contribution in [0.1, 0.15) is 47.2 Å². The van der Waals surface area contributed by atoms with Gasteiger partial charge in [0.25, 0.3) is 0 Å². The Morgan fingerprint density at radius 2 is 0.883 bits per heavy atom. The number of anilines is 3. The molecule has 0 saturated heterocycles. The number of fused-ring (bicyclic) bond motifs is 9. The molecule has 1 aromatic heterocycles. The molecule has 0 fully saturated rings. The van der Waals surface area contributed by atoms with E-state index >= 15 is 0 Å². The van der Waals surface area contributed by atoms with Gasteiger partial charge in [0.2, 0.25) is 0 Å². The van der Waals surface area contributed by atoms with Crippen LogP contribution in [0.2, 0.25) is 0 Å². The second kappa shape index (κ2) is 13.0. The monoisotopic (exact) mass is 767 g/mol. The van der Waals surface area contributed by atoms with E-state index in [2.05, 4.69) is 231 Å². The Bertz CT molecular complexity index is 3230. The lowest BCUT2D eigenvalue weighted by molar-refractivity contribution is 0.660. The molecule has 0 bridgehead atoms. The van der Waals surface area contributed by atoms with Crippen LogP contribution in [0.25, 0.3) is 55.3 Å². The van der Waals surface area contributed by atoms with E-state index in [1.54, 1.807) is 0 Å². The predicted octanol–water partition coefficient (Wildman–Crippen LogP) is 15.4. The molecule has 0 aliphatic heterocycles. The first-order chi connectivity index (χ1) is 29.5. The third-order valence-corrected chi connectivity index (χ3v) is 13.3. The SMILES string of the molecule is CC1(C)c2ccccc2-c2ccc(N(c3ccccc3)c3ccc(-c4ccc5c(c4)oc4cc6c(cc45)-c4ccccc4C6(c4ccccc4)c4ccccc4)cc3)cc21. The molecule has 2 aliphatic rings. The van der Waals surface area contributed by atoms with Crippen molar-refractivity contribution in [2.45, 2.75) is 24.7 Å². The van der Waals surface area contributed by atoms with Crippen LogP contribution in [0.5, 0.6) is 0 Å². The van der Waals surface area contributed by atoms with Gasteiger partial charge in [-0.05, 0) is 127 Å². The molecule has 60 heavy (non-hydrogen) atoms. The molecule has 2 aliphatic carbocycles. The summed E-state index contributed by atoms with van der Waals surface area (Å²) in [4.78, 5) is 2.37. The van der Waals surface area contributed by atoms with E-state index in [1.807, 2.05) is 0 Å². The van der Waals surface area contributed by atoms with Gasteiger partial charge < -0.3 is 9.32 Å². The van der Waals surface area contributed by atoms with Crippen molar-refractivity contribution in [2.75, 3.05) is 4.90 Å². The summed E-state index contributed by atoms with van der Waals surface area (Å²) in [6.45, 7) is 4.69. The number of rotatable bonds is 6. The number of nitrogens with zero attached hydrogens (tertiary/aromatic N) is 1. The van der Waals surface area contributed by atoms with Crippen LogP contribution < -0.4 is 4.90 Å². The zero-order valence-electron chi connectivity index (χ0n) is 33.6. The average Bonchev–Trinajstić information content (AvgIpc) is 3.89. The Hall–Kier alpha value is -7.42. The predicted molar refractivity (Wildman–Crippen MR) is 249 cm³/mol. The summed E-state index contributed by atoms with van der Waals surface area (Å²) < 4.78 is 6.85. The summed E-state index contributed by atoms with van der Waals surface area (Å²) in [5, 5.41) is 2.26. The first-order valence-corrected chi connectivity index (χ1v) is 20.9. The maximum atomic E-state index is 6.85. The fourth-order valence-corrected chi connectivity index (χ4v) is 10.5. The van der Waals surface area contributed by atoms with E-state index in [1.165, 1.54) is 55.6 Å². The number of furan rings is 1. The van der Waals surface area contributed by atoms with E-state index in [-0.39, 0.29) is 5.41 Å². The molecule has 0 radical (unpaired) electrons. The van der Waals surface area contributed by atoms with E-state index < -0.39 is 5.41 Å². The molecule has 2 heteroatoms. The molecule has 10 aromatic rings. The fourth-order valence-electron chi connectivity index (χ4n) is 10.5. The molecular weight excluding hydrogens is 727 g/mol. The molecule has 0 atom stereocenters. The van der Waals surface area contributed by atoms with Gasteiger partial charge in [-0.15, -0.1) is 0 Å². The van der Waals surface area contributed by atoms with Crippen LogP contribution in [-0.4, -0.2) is 0 Å². The number of hydrogen-bond acceptors (Lipinski definition) is 2. The quantitative estimate of drug-likeness (QED) is 0.168. The minimum Gasteiger partial charge on any atom is -0.456 e. The number of para-hydroxylation sites is 1. The highest BCUT2D eigenvalue weighted by Gasteiger charge is 2.46. The highest BCUT2D eigenvalue weighted by molar-refractivity contribution is 6.09. The molecule has 0 amide bonds. The van der Waals surface area contributed by atoms with Crippen LogP contribution in [-0.2, 0) is 10.8 Å². The van der Waals surface area contributed by atoms with Gasteiger partial charge in [0.05, 0.1) is 5.41 Å². The van der Waals surface area contributed by atoms with Crippen molar-refractivity contribution in [3.05, 3.63) is 246 Å². The van der Waals surface area contributed by atoms with Crippen molar-refractivity contribution < 1.29 is 4.42 Å². The van der Waals surface area contributed by atoms with Crippen molar-refractivity contribution in [3.63, 3.8) is 0 Å². The topological polar surface area (TPSA) is 16.4 Å². The smallest absolute Gasteiger partial charge is 0.136 e. The summed E-state index contributed by atoms with van der Waals surface area (Å²) in [7, 11) is 0. The molecule has 0 spiro atoms.